The molecule has 0 radical (unpaired) electrons. The fraction of sp³-hybridized carbons (Fsp3) is 0.276. The predicted octanol–water partition coefficient (Wildman–Crippen LogP) is 2.89. The average Bonchev–Trinajstić information content (AvgIpc) is 3.00. The molecule has 1 amide bonds. The highest BCUT2D eigenvalue weighted by Gasteiger charge is 2.33. The van der Waals surface area contributed by atoms with Crippen LogP contribution in [0.3, 0.4) is 0 Å². The van der Waals surface area contributed by atoms with Gasteiger partial charge < -0.3 is 20.0 Å². The molecule has 0 aliphatic carbocycles. The molecule has 2 aliphatic rings. The molecule has 0 unspecified atom stereocenters. The number of carbonyl (C=O) groups is 1. The second-order valence-corrected chi connectivity index (χ2v) is 11.9. The molecule has 0 bridgehead atoms. The van der Waals surface area contributed by atoms with Crippen molar-refractivity contribution in [3.8, 4) is 0 Å². The van der Waals surface area contributed by atoms with E-state index in [2.05, 4.69) is 35.1 Å². The molecule has 1 N–H and O–H groups in total. The van der Waals surface area contributed by atoms with Gasteiger partial charge in [-0.3, -0.25) is 8.98 Å². The first-order valence-corrected chi connectivity index (χ1v) is 15.1. The maximum absolute atomic E-state index is 13.2. The van der Waals surface area contributed by atoms with E-state index >= 15 is 0 Å². The van der Waals surface area contributed by atoms with Crippen LogP contribution < -0.4 is 20.0 Å². The number of amides is 1. The Hall–Kier alpha value is -4.69. The number of rotatable bonds is 8. The quantitative estimate of drug-likeness (QED) is 0.298. The molecule has 0 saturated carbocycles. The number of aromatic nitrogens is 4. The van der Waals surface area contributed by atoms with Crippen LogP contribution in [0.4, 0.5) is 27.7 Å². The SMILES string of the molecule is Cc1ccc(S(=O)(=O)OC2CN(c3ccc(C(=O)Nc4cnc(N5CCN(c6ccc(F)cn6)CC5)cn4)cn3)C2)cc1. The van der Waals surface area contributed by atoms with E-state index in [9.17, 15) is 17.6 Å². The number of hydrogen-bond acceptors (Lipinski definition) is 11. The van der Waals surface area contributed by atoms with Gasteiger partial charge in [0.05, 0.1) is 29.0 Å². The molecular weight excluding hydrogens is 575 g/mol. The Bertz CT molecular complexity index is 1670. The molecule has 43 heavy (non-hydrogen) atoms. The monoisotopic (exact) mass is 604 g/mol. The van der Waals surface area contributed by atoms with Crippen LogP contribution in [0, 0.1) is 12.7 Å². The van der Waals surface area contributed by atoms with Crippen molar-refractivity contribution in [2.45, 2.75) is 17.9 Å². The van der Waals surface area contributed by atoms with Gasteiger partial charge in [-0.1, -0.05) is 17.7 Å². The van der Waals surface area contributed by atoms with Crippen molar-refractivity contribution >= 4 is 39.3 Å². The Morgan fingerprint density at radius 3 is 2.02 bits per heavy atom. The van der Waals surface area contributed by atoms with Gasteiger partial charge in [0.15, 0.2) is 5.82 Å². The second kappa shape index (κ2) is 11.9. The number of nitrogens with zero attached hydrogens (tertiary/aromatic N) is 7. The van der Waals surface area contributed by atoms with Crippen molar-refractivity contribution in [2.24, 2.45) is 0 Å². The van der Waals surface area contributed by atoms with E-state index < -0.39 is 16.2 Å². The van der Waals surface area contributed by atoms with Crippen LogP contribution in [0.1, 0.15) is 15.9 Å². The summed E-state index contributed by atoms with van der Waals surface area (Å²) in [5.74, 6) is 1.61. The molecule has 6 rings (SSSR count). The average molecular weight is 605 g/mol. The Morgan fingerprint density at radius 2 is 1.42 bits per heavy atom. The van der Waals surface area contributed by atoms with Crippen LogP contribution in [-0.2, 0) is 14.3 Å². The normalized spacial score (nSPS) is 15.7. The zero-order chi connectivity index (χ0) is 30.0. The summed E-state index contributed by atoms with van der Waals surface area (Å²) in [6.07, 6.45) is 5.32. The standard InChI is InChI=1S/C29H29FN8O4S/c1-20-2-6-24(7-3-20)43(40,41)42-23-18-38(19-23)27-8-4-21(14-32-27)29(39)35-25-16-34-28(17-31-25)37-12-10-36(11-13-37)26-9-5-22(30)15-33-26/h2-9,14-17,23H,10-13,18-19H2,1H3,(H,31,35,39). The number of anilines is 4. The Labute approximate surface area is 248 Å². The third kappa shape index (κ3) is 6.54. The number of carbonyl (C=O) groups excluding carboxylic acids is 1. The Balaban J connectivity index is 0.973. The highest BCUT2D eigenvalue weighted by atomic mass is 32.2. The highest BCUT2D eigenvalue weighted by Crippen LogP contribution is 2.25. The molecule has 2 aliphatic heterocycles. The van der Waals surface area contributed by atoms with Gasteiger partial charge in [-0.25, -0.2) is 24.3 Å². The topological polar surface area (TPSA) is 134 Å². The van der Waals surface area contributed by atoms with E-state index in [1.807, 2.05) is 11.8 Å². The summed E-state index contributed by atoms with van der Waals surface area (Å²) < 4.78 is 43.5. The number of halogens is 1. The minimum Gasteiger partial charge on any atom is -0.353 e. The second-order valence-electron chi connectivity index (χ2n) is 10.3. The van der Waals surface area contributed by atoms with E-state index in [1.54, 1.807) is 36.5 Å². The molecule has 5 heterocycles. The number of nitrogens with one attached hydrogen (secondary N) is 1. The first-order valence-electron chi connectivity index (χ1n) is 13.7. The van der Waals surface area contributed by atoms with Crippen molar-refractivity contribution in [2.75, 3.05) is 59.3 Å². The number of hydrogen-bond donors (Lipinski definition) is 1. The lowest BCUT2D eigenvalue weighted by Crippen LogP contribution is -2.53. The van der Waals surface area contributed by atoms with Crippen molar-refractivity contribution in [1.82, 2.24) is 19.9 Å². The highest BCUT2D eigenvalue weighted by molar-refractivity contribution is 7.86. The van der Waals surface area contributed by atoms with Crippen LogP contribution in [0.25, 0.3) is 0 Å². The first-order chi connectivity index (χ1) is 20.7. The summed E-state index contributed by atoms with van der Waals surface area (Å²) in [4.78, 5) is 36.2. The summed E-state index contributed by atoms with van der Waals surface area (Å²) >= 11 is 0. The van der Waals surface area contributed by atoms with Crippen LogP contribution in [0.15, 0.2) is 78.2 Å². The van der Waals surface area contributed by atoms with E-state index in [4.69, 9.17) is 4.18 Å². The molecule has 14 heteroatoms. The van der Waals surface area contributed by atoms with Gasteiger partial charge in [-0.15, -0.1) is 0 Å². The zero-order valence-electron chi connectivity index (χ0n) is 23.3. The molecular formula is C29H29FN8O4S. The van der Waals surface area contributed by atoms with E-state index in [0.717, 1.165) is 11.4 Å². The van der Waals surface area contributed by atoms with Crippen LogP contribution >= 0.6 is 0 Å². The van der Waals surface area contributed by atoms with Crippen LogP contribution in [0.5, 0.6) is 0 Å². The van der Waals surface area contributed by atoms with Gasteiger partial charge in [-0.05, 0) is 43.3 Å². The minimum absolute atomic E-state index is 0.128. The number of aryl methyl sites for hydroxylation is 1. The third-order valence-electron chi connectivity index (χ3n) is 7.27. The van der Waals surface area contributed by atoms with Crippen molar-refractivity contribution in [3.05, 3.63) is 90.3 Å². The van der Waals surface area contributed by atoms with Crippen molar-refractivity contribution in [1.29, 1.82) is 0 Å². The number of piperazine rings is 1. The summed E-state index contributed by atoms with van der Waals surface area (Å²) in [5, 5.41) is 2.73. The van der Waals surface area contributed by atoms with Crippen molar-refractivity contribution < 1.29 is 21.8 Å². The summed E-state index contributed by atoms with van der Waals surface area (Å²) in [7, 11) is -3.84. The van der Waals surface area contributed by atoms with Gasteiger partial charge in [0.25, 0.3) is 16.0 Å². The Morgan fingerprint density at radius 1 is 0.791 bits per heavy atom. The maximum atomic E-state index is 13.2. The van der Waals surface area contributed by atoms with Crippen LogP contribution in [0.2, 0.25) is 0 Å². The number of pyridine rings is 2. The fourth-order valence-electron chi connectivity index (χ4n) is 4.79. The van der Waals surface area contributed by atoms with Gasteiger partial charge in [0.2, 0.25) is 0 Å². The third-order valence-corrected chi connectivity index (χ3v) is 8.65. The molecule has 222 valence electrons. The molecule has 1 aromatic carbocycles. The molecule has 2 fully saturated rings. The van der Waals surface area contributed by atoms with Gasteiger partial charge >= 0.3 is 0 Å². The lowest BCUT2D eigenvalue weighted by Gasteiger charge is -2.39. The minimum atomic E-state index is -3.84. The molecule has 0 atom stereocenters. The Kier molecular flexibility index (Phi) is 7.86. The van der Waals surface area contributed by atoms with Crippen LogP contribution in [-0.4, -0.2) is 79.6 Å². The van der Waals surface area contributed by atoms with Gasteiger partial charge in [0.1, 0.15) is 29.4 Å². The molecule has 0 spiro atoms. The molecule has 2 saturated heterocycles. The summed E-state index contributed by atoms with van der Waals surface area (Å²) in [5.41, 5.74) is 1.31. The summed E-state index contributed by atoms with van der Waals surface area (Å²) in [6, 6.07) is 12.9. The zero-order valence-corrected chi connectivity index (χ0v) is 24.1. The van der Waals surface area contributed by atoms with Gasteiger partial charge in [0, 0.05) is 45.5 Å². The van der Waals surface area contributed by atoms with Gasteiger partial charge in [-0.2, -0.15) is 8.42 Å². The largest absolute Gasteiger partial charge is 0.353 e. The molecule has 4 aromatic rings. The first kappa shape index (κ1) is 28.4. The van der Waals surface area contributed by atoms with Crippen molar-refractivity contribution in [3.63, 3.8) is 0 Å². The molecule has 12 nitrogen and oxygen atoms in total. The predicted molar refractivity (Wildman–Crippen MR) is 158 cm³/mol. The fourth-order valence-corrected chi connectivity index (χ4v) is 5.85. The smallest absolute Gasteiger partial charge is 0.297 e. The van der Waals surface area contributed by atoms with E-state index in [0.29, 0.717) is 62.3 Å². The number of benzene rings is 1. The molecule has 3 aromatic heterocycles. The summed E-state index contributed by atoms with van der Waals surface area (Å²) in [6.45, 7) is 5.43. The maximum Gasteiger partial charge on any atom is 0.297 e. The lowest BCUT2D eigenvalue weighted by molar-refractivity contribution is 0.102. The lowest BCUT2D eigenvalue weighted by atomic mass is 10.1. The van der Waals surface area contributed by atoms with E-state index in [-0.39, 0.29) is 16.6 Å². The van der Waals surface area contributed by atoms with E-state index in [1.165, 1.54) is 36.8 Å².